The lowest BCUT2D eigenvalue weighted by Gasteiger charge is -2.35. The quantitative estimate of drug-likeness (QED) is 0.820. The van der Waals surface area contributed by atoms with Gasteiger partial charge in [0, 0.05) is 6.04 Å². The van der Waals surface area contributed by atoms with Crippen LogP contribution >= 0.6 is 0 Å². The zero-order chi connectivity index (χ0) is 16.1. The number of nitrogens with zero attached hydrogens (tertiary/aromatic N) is 1. The van der Waals surface area contributed by atoms with E-state index in [1.807, 2.05) is 6.07 Å². The smallest absolute Gasteiger partial charge is 0.341 e. The van der Waals surface area contributed by atoms with E-state index in [1.54, 1.807) is 6.07 Å². The third-order valence-corrected chi connectivity index (χ3v) is 4.50. The number of hydrogen-bond donors (Lipinski definition) is 1. The van der Waals surface area contributed by atoms with Crippen LogP contribution in [0.4, 0.5) is 0 Å². The number of esters is 1. The van der Waals surface area contributed by atoms with E-state index in [9.17, 15) is 9.90 Å². The standard InChI is InChI=1S/C18H27NO3/c1-4-10-19(11-5-2)14-7-8-15-13(12-14)6-9-16(20)17(15)18(21)22-3/h6,9,14,20H,4-5,7-8,10-12H2,1-3H3. The predicted octanol–water partition coefficient (Wildman–Crippen LogP) is 3.16. The molecule has 4 nitrogen and oxygen atoms in total. The van der Waals surface area contributed by atoms with Gasteiger partial charge in [-0.05, 0) is 62.4 Å². The number of phenolic OH excluding ortho intramolecular Hbond substituents is 1. The molecule has 1 aromatic rings. The van der Waals surface area contributed by atoms with Crippen molar-refractivity contribution in [2.45, 2.75) is 52.0 Å². The summed E-state index contributed by atoms with van der Waals surface area (Å²) in [5, 5.41) is 10.0. The molecular formula is C18H27NO3. The highest BCUT2D eigenvalue weighted by molar-refractivity contribution is 5.94. The van der Waals surface area contributed by atoms with Crippen molar-refractivity contribution >= 4 is 5.97 Å². The molecule has 1 aromatic carbocycles. The Hall–Kier alpha value is -1.55. The van der Waals surface area contributed by atoms with Crippen molar-refractivity contribution in [3.63, 3.8) is 0 Å². The first kappa shape index (κ1) is 16.8. The Bertz CT molecular complexity index is 521. The molecule has 0 aromatic heterocycles. The van der Waals surface area contributed by atoms with Crippen molar-refractivity contribution in [1.29, 1.82) is 0 Å². The van der Waals surface area contributed by atoms with E-state index in [4.69, 9.17) is 4.74 Å². The number of phenols is 1. The summed E-state index contributed by atoms with van der Waals surface area (Å²) in [6, 6.07) is 4.11. The Morgan fingerprint density at radius 3 is 2.59 bits per heavy atom. The van der Waals surface area contributed by atoms with Gasteiger partial charge in [-0.1, -0.05) is 19.9 Å². The minimum absolute atomic E-state index is 0.0306. The number of rotatable bonds is 6. The lowest BCUT2D eigenvalue weighted by molar-refractivity contribution is 0.0595. The van der Waals surface area contributed by atoms with E-state index < -0.39 is 5.97 Å². The zero-order valence-corrected chi connectivity index (χ0v) is 13.9. The van der Waals surface area contributed by atoms with E-state index in [2.05, 4.69) is 18.7 Å². The number of aromatic hydroxyl groups is 1. The highest BCUT2D eigenvalue weighted by atomic mass is 16.5. The first-order valence-corrected chi connectivity index (χ1v) is 8.28. The monoisotopic (exact) mass is 305 g/mol. The number of benzene rings is 1. The maximum absolute atomic E-state index is 11.9. The molecule has 0 fully saturated rings. The molecule has 1 aliphatic carbocycles. The molecule has 0 aliphatic heterocycles. The van der Waals surface area contributed by atoms with Gasteiger partial charge in [0.1, 0.15) is 11.3 Å². The summed E-state index contributed by atoms with van der Waals surface area (Å²) in [5.74, 6) is -0.408. The van der Waals surface area contributed by atoms with Crippen LogP contribution in [0.25, 0.3) is 0 Å². The second-order valence-corrected chi connectivity index (χ2v) is 6.02. The second kappa shape index (κ2) is 7.63. The Labute approximate surface area is 133 Å². The normalized spacial score (nSPS) is 17.4. The van der Waals surface area contributed by atoms with Crippen LogP contribution in [0.15, 0.2) is 12.1 Å². The maximum atomic E-state index is 11.9. The van der Waals surface area contributed by atoms with Gasteiger partial charge >= 0.3 is 5.97 Å². The zero-order valence-electron chi connectivity index (χ0n) is 13.9. The lowest BCUT2D eigenvalue weighted by atomic mass is 9.84. The molecule has 0 radical (unpaired) electrons. The molecule has 0 saturated carbocycles. The van der Waals surface area contributed by atoms with E-state index in [0.29, 0.717) is 11.6 Å². The minimum Gasteiger partial charge on any atom is -0.507 e. The fraction of sp³-hybridized carbons (Fsp3) is 0.611. The summed E-state index contributed by atoms with van der Waals surface area (Å²) >= 11 is 0. The highest BCUT2D eigenvalue weighted by Gasteiger charge is 2.28. The molecule has 0 amide bonds. The van der Waals surface area contributed by atoms with Gasteiger partial charge in [0.15, 0.2) is 0 Å². The van der Waals surface area contributed by atoms with Crippen LogP contribution in [0, 0.1) is 0 Å². The highest BCUT2D eigenvalue weighted by Crippen LogP contribution is 2.32. The van der Waals surface area contributed by atoms with Crippen LogP contribution < -0.4 is 0 Å². The summed E-state index contributed by atoms with van der Waals surface area (Å²) in [6.07, 6.45) is 5.11. The molecule has 122 valence electrons. The predicted molar refractivity (Wildman–Crippen MR) is 87.4 cm³/mol. The summed E-state index contributed by atoms with van der Waals surface area (Å²) in [5.41, 5.74) is 2.50. The fourth-order valence-electron chi connectivity index (χ4n) is 3.52. The van der Waals surface area contributed by atoms with E-state index in [0.717, 1.165) is 50.8 Å². The van der Waals surface area contributed by atoms with E-state index >= 15 is 0 Å². The number of ether oxygens (including phenoxy) is 1. The minimum atomic E-state index is -0.438. The fourth-order valence-corrected chi connectivity index (χ4v) is 3.52. The molecule has 0 saturated heterocycles. The number of methoxy groups -OCH3 is 1. The van der Waals surface area contributed by atoms with Crippen LogP contribution in [0.1, 0.15) is 54.6 Å². The summed E-state index contributed by atoms with van der Waals surface area (Å²) < 4.78 is 4.83. The number of carbonyl (C=O) groups is 1. The van der Waals surface area contributed by atoms with E-state index in [-0.39, 0.29) is 5.75 Å². The number of hydrogen-bond acceptors (Lipinski definition) is 4. The van der Waals surface area contributed by atoms with Crippen molar-refractivity contribution in [3.8, 4) is 5.75 Å². The van der Waals surface area contributed by atoms with E-state index in [1.165, 1.54) is 12.7 Å². The second-order valence-electron chi connectivity index (χ2n) is 6.02. The average molecular weight is 305 g/mol. The third-order valence-electron chi connectivity index (χ3n) is 4.50. The molecule has 0 spiro atoms. The molecule has 22 heavy (non-hydrogen) atoms. The Kier molecular flexibility index (Phi) is 5.83. The van der Waals surface area contributed by atoms with Gasteiger partial charge < -0.3 is 14.7 Å². The topological polar surface area (TPSA) is 49.8 Å². The van der Waals surface area contributed by atoms with Gasteiger partial charge in [0.2, 0.25) is 0 Å². The third kappa shape index (κ3) is 3.43. The van der Waals surface area contributed by atoms with Gasteiger partial charge in [-0.15, -0.1) is 0 Å². The van der Waals surface area contributed by atoms with Gasteiger partial charge in [0.25, 0.3) is 0 Å². The summed E-state index contributed by atoms with van der Waals surface area (Å²) in [4.78, 5) is 14.5. The van der Waals surface area contributed by atoms with Crippen molar-refractivity contribution in [1.82, 2.24) is 4.90 Å². The van der Waals surface area contributed by atoms with Gasteiger partial charge in [-0.25, -0.2) is 4.79 Å². The van der Waals surface area contributed by atoms with Gasteiger partial charge in [-0.3, -0.25) is 0 Å². The largest absolute Gasteiger partial charge is 0.507 e. The van der Waals surface area contributed by atoms with Crippen LogP contribution in [-0.4, -0.2) is 42.2 Å². The van der Waals surface area contributed by atoms with Crippen LogP contribution in [0.3, 0.4) is 0 Å². The molecule has 0 bridgehead atoms. The number of fused-ring (bicyclic) bond motifs is 1. The van der Waals surface area contributed by atoms with Crippen molar-refractivity contribution < 1.29 is 14.6 Å². The molecule has 1 aliphatic rings. The molecule has 1 N–H and O–H groups in total. The average Bonchev–Trinajstić information content (AvgIpc) is 2.53. The Morgan fingerprint density at radius 1 is 1.32 bits per heavy atom. The Morgan fingerprint density at radius 2 is 2.00 bits per heavy atom. The van der Waals surface area contributed by atoms with Gasteiger partial charge in [-0.2, -0.15) is 0 Å². The SMILES string of the molecule is CCCN(CCC)C1CCc2c(ccc(O)c2C(=O)OC)C1. The van der Waals surface area contributed by atoms with Crippen molar-refractivity contribution in [2.75, 3.05) is 20.2 Å². The summed E-state index contributed by atoms with van der Waals surface area (Å²) in [7, 11) is 1.36. The molecule has 1 unspecified atom stereocenters. The lowest BCUT2D eigenvalue weighted by Crippen LogP contribution is -2.40. The van der Waals surface area contributed by atoms with Crippen LogP contribution in [0.5, 0.6) is 5.75 Å². The number of carbonyl (C=O) groups excluding carboxylic acids is 1. The molecule has 1 atom stereocenters. The van der Waals surface area contributed by atoms with Crippen LogP contribution in [0.2, 0.25) is 0 Å². The van der Waals surface area contributed by atoms with Gasteiger partial charge in [0.05, 0.1) is 7.11 Å². The maximum Gasteiger partial charge on any atom is 0.341 e. The first-order valence-electron chi connectivity index (χ1n) is 8.28. The Balaban J connectivity index is 2.26. The molecule has 2 rings (SSSR count). The molecule has 4 heteroatoms. The van der Waals surface area contributed by atoms with Crippen molar-refractivity contribution in [2.24, 2.45) is 0 Å². The van der Waals surface area contributed by atoms with Crippen LogP contribution in [-0.2, 0) is 17.6 Å². The summed E-state index contributed by atoms with van der Waals surface area (Å²) in [6.45, 7) is 6.67. The molecular weight excluding hydrogens is 278 g/mol. The molecule has 0 heterocycles. The first-order chi connectivity index (χ1) is 10.6. The van der Waals surface area contributed by atoms with Crippen molar-refractivity contribution in [3.05, 3.63) is 28.8 Å².